The summed E-state index contributed by atoms with van der Waals surface area (Å²) in [5, 5.41) is 9.68. The van der Waals surface area contributed by atoms with Gasteiger partial charge in [-0.2, -0.15) is 0 Å². The fourth-order valence-corrected chi connectivity index (χ4v) is 1.81. The van der Waals surface area contributed by atoms with Crippen LogP contribution in [0.3, 0.4) is 0 Å². The lowest BCUT2D eigenvalue weighted by Gasteiger charge is -2.08. The van der Waals surface area contributed by atoms with Gasteiger partial charge in [-0.05, 0) is 24.3 Å². The van der Waals surface area contributed by atoms with E-state index in [1.807, 2.05) is 0 Å². The quantitative estimate of drug-likeness (QED) is 0.677. The number of benzene rings is 2. The molecule has 0 atom stereocenters. The first-order valence-electron chi connectivity index (χ1n) is 6.44. The molecule has 0 radical (unpaired) electrons. The molecule has 0 aliphatic heterocycles. The zero-order valence-corrected chi connectivity index (χ0v) is 12.0. The molecule has 2 rings (SSSR count). The normalized spacial score (nSPS) is 10.2. The first-order chi connectivity index (χ1) is 10.9. The van der Waals surface area contributed by atoms with Gasteiger partial charge in [-0.1, -0.05) is 0 Å². The Morgan fingerprint density at radius 1 is 1.09 bits per heavy atom. The van der Waals surface area contributed by atoms with Crippen LogP contribution in [-0.2, 0) is 4.74 Å². The second kappa shape index (κ2) is 6.87. The highest BCUT2D eigenvalue weighted by atomic mass is 19.1. The van der Waals surface area contributed by atoms with Crippen LogP contribution in [0, 0.1) is 11.6 Å². The van der Waals surface area contributed by atoms with E-state index in [9.17, 15) is 23.5 Å². The average Bonchev–Trinajstić information content (AvgIpc) is 2.52. The molecule has 5 nitrogen and oxygen atoms in total. The van der Waals surface area contributed by atoms with Gasteiger partial charge in [0.15, 0.2) is 6.61 Å². The average molecular weight is 322 g/mol. The molecule has 2 aromatic rings. The minimum absolute atomic E-state index is 0.168. The molecule has 0 saturated heterocycles. The Bertz CT molecular complexity index is 758. The molecule has 23 heavy (non-hydrogen) atoms. The molecule has 0 aromatic heterocycles. The maximum absolute atomic E-state index is 13.4. The van der Waals surface area contributed by atoms with Gasteiger partial charge >= 0.3 is 5.97 Å². The van der Waals surface area contributed by atoms with E-state index in [0.717, 1.165) is 12.1 Å². The van der Waals surface area contributed by atoms with Gasteiger partial charge in [-0.25, -0.2) is 13.6 Å². The zero-order chi connectivity index (χ0) is 17.0. The predicted molar refractivity (Wildman–Crippen MR) is 75.6 cm³/mol. The zero-order valence-electron chi connectivity index (χ0n) is 12.0. The molecule has 0 unspecified atom stereocenters. The van der Waals surface area contributed by atoms with Crippen LogP contribution in [0.25, 0.3) is 0 Å². The number of methoxy groups -OCH3 is 1. The lowest BCUT2D eigenvalue weighted by molar-refractivity contribution is 0.0470. The van der Waals surface area contributed by atoms with E-state index < -0.39 is 35.6 Å². The molecule has 7 heteroatoms. The van der Waals surface area contributed by atoms with Crippen LogP contribution in [0.15, 0.2) is 36.4 Å². The molecule has 120 valence electrons. The second-order valence-electron chi connectivity index (χ2n) is 4.51. The largest absolute Gasteiger partial charge is 0.507 e. The number of phenolic OH excluding ortho intramolecular Hbond substituents is 1. The van der Waals surface area contributed by atoms with Crippen molar-refractivity contribution in [3.63, 3.8) is 0 Å². The summed E-state index contributed by atoms with van der Waals surface area (Å²) in [6.45, 7) is -0.743. The first-order valence-corrected chi connectivity index (χ1v) is 6.44. The van der Waals surface area contributed by atoms with Crippen molar-refractivity contribution < 1.29 is 33.0 Å². The standard InChI is InChI=1S/C16H12F2O5/c1-22-10-3-5-12(14(19)7-10)16(21)23-8-15(20)11-4-2-9(17)6-13(11)18/h2-7,19H,8H2,1H3. The van der Waals surface area contributed by atoms with E-state index in [2.05, 4.69) is 0 Å². The summed E-state index contributed by atoms with van der Waals surface area (Å²) in [7, 11) is 1.39. The van der Waals surface area contributed by atoms with Crippen LogP contribution in [-0.4, -0.2) is 30.6 Å². The fraction of sp³-hybridized carbons (Fsp3) is 0.125. The van der Waals surface area contributed by atoms with Crippen LogP contribution in [0.1, 0.15) is 20.7 Å². The molecular formula is C16H12F2O5. The van der Waals surface area contributed by atoms with Crippen LogP contribution < -0.4 is 4.74 Å². The SMILES string of the molecule is COc1ccc(C(=O)OCC(=O)c2ccc(F)cc2F)c(O)c1. The number of carbonyl (C=O) groups is 2. The van der Waals surface area contributed by atoms with E-state index in [-0.39, 0.29) is 11.3 Å². The summed E-state index contributed by atoms with van der Waals surface area (Å²) in [5.41, 5.74) is -0.559. The molecule has 1 N–H and O–H groups in total. The Morgan fingerprint density at radius 3 is 2.39 bits per heavy atom. The highest BCUT2D eigenvalue weighted by Gasteiger charge is 2.18. The summed E-state index contributed by atoms with van der Waals surface area (Å²) < 4.78 is 35.8. The minimum Gasteiger partial charge on any atom is -0.507 e. The van der Waals surface area contributed by atoms with Crippen LogP contribution in [0.4, 0.5) is 8.78 Å². The lowest BCUT2D eigenvalue weighted by atomic mass is 10.1. The molecule has 2 aromatic carbocycles. The number of rotatable bonds is 5. The van der Waals surface area contributed by atoms with Gasteiger partial charge < -0.3 is 14.6 Å². The number of ketones is 1. The van der Waals surface area contributed by atoms with Crippen LogP contribution in [0.2, 0.25) is 0 Å². The molecular weight excluding hydrogens is 310 g/mol. The van der Waals surface area contributed by atoms with Gasteiger partial charge in [0.2, 0.25) is 5.78 Å². The Balaban J connectivity index is 2.05. The number of hydrogen-bond donors (Lipinski definition) is 1. The van der Waals surface area contributed by atoms with Crippen molar-refractivity contribution in [1.82, 2.24) is 0 Å². The van der Waals surface area contributed by atoms with Gasteiger partial charge in [-0.15, -0.1) is 0 Å². The van der Waals surface area contributed by atoms with E-state index >= 15 is 0 Å². The minimum atomic E-state index is -1.04. The topological polar surface area (TPSA) is 72.8 Å². The van der Waals surface area contributed by atoms with Gasteiger partial charge in [0, 0.05) is 12.1 Å². The summed E-state index contributed by atoms with van der Waals surface area (Å²) >= 11 is 0. The van der Waals surface area contributed by atoms with Crippen molar-refractivity contribution in [3.05, 3.63) is 59.2 Å². The summed E-state index contributed by atoms with van der Waals surface area (Å²) in [6.07, 6.45) is 0. The molecule has 0 saturated carbocycles. The summed E-state index contributed by atoms with van der Waals surface area (Å²) in [6, 6.07) is 6.35. The van der Waals surface area contributed by atoms with Gasteiger partial charge in [0.25, 0.3) is 0 Å². The van der Waals surface area contributed by atoms with Crippen LogP contribution in [0.5, 0.6) is 11.5 Å². The number of aromatic hydroxyl groups is 1. The third-order valence-corrected chi connectivity index (χ3v) is 2.99. The van der Waals surface area contributed by atoms with Crippen molar-refractivity contribution in [2.24, 2.45) is 0 Å². The predicted octanol–water partition coefficient (Wildman–Crippen LogP) is 2.72. The Labute approximate surface area is 130 Å². The summed E-state index contributed by atoms with van der Waals surface area (Å²) in [4.78, 5) is 23.6. The maximum atomic E-state index is 13.4. The molecule has 0 fully saturated rings. The van der Waals surface area contributed by atoms with Crippen LogP contribution >= 0.6 is 0 Å². The molecule has 0 aliphatic rings. The third-order valence-electron chi connectivity index (χ3n) is 2.99. The number of ether oxygens (including phenoxy) is 2. The number of phenols is 1. The number of halogens is 2. The van der Waals surface area contributed by atoms with Gasteiger partial charge in [-0.3, -0.25) is 4.79 Å². The van der Waals surface area contributed by atoms with Crippen molar-refractivity contribution in [1.29, 1.82) is 0 Å². The second-order valence-corrected chi connectivity index (χ2v) is 4.51. The Hall–Kier alpha value is -2.96. The van der Waals surface area contributed by atoms with Crippen molar-refractivity contribution >= 4 is 11.8 Å². The van der Waals surface area contributed by atoms with E-state index in [4.69, 9.17) is 9.47 Å². The molecule has 0 aliphatic carbocycles. The number of esters is 1. The maximum Gasteiger partial charge on any atom is 0.342 e. The first kappa shape index (κ1) is 16.4. The number of Topliss-reactive ketones (excluding diaryl/α,β-unsaturated/α-hetero) is 1. The van der Waals surface area contributed by atoms with E-state index in [0.29, 0.717) is 11.8 Å². The van der Waals surface area contributed by atoms with E-state index in [1.54, 1.807) is 0 Å². The Kier molecular flexibility index (Phi) is 4.90. The summed E-state index contributed by atoms with van der Waals surface area (Å²) in [5.74, 6) is -3.69. The smallest absolute Gasteiger partial charge is 0.342 e. The third kappa shape index (κ3) is 3.82. The van der Waals surface area contributed by atoms with E-state index in [1.165, 1.54) is 25.3 Å². The highest BCUT2D eigenvalue weighted by Crippen LogP contribution is 2.24. The highest BCUT2D eigenvalue weighted by molar-refractivity contribution is 6.00. The van der Waals surface area contributed by atoms with Gasteiger partial charge in [0.1, 0.15) is 28.7 Å². The number of carbonyl (C=O) groups excluding carboxylic acids is 2. The van der Waals surface area contributed by atoms with Gasteiger partial charge in [0.05, 0.1) is 12.7 Å². The molecule has 0 heterocycles. The molecule has 0 bridgehead atoms. The lowest BCUT2D eigenvalue weighted by Crippen LogP contribution is -2.15. The molecule has 0 amide bonds. The van der Waals surface area contributed by atoms with Crippen molar-refractivity contribution in [2.45, 2.75) is 0 Å². The van der Waals surface area contributed by atoms with Crippen molar-refractivity contribution in [3.8, 4) is 11.5 Å². The fourth-order valence-electron chi connectivity index (χ4n) is 1.81. The monoisotopic (exact) mass is 322 g/mol. The molecule has 0 spiro atoms. The number of hydrogen-bond acceptors (Lipinski definition) is 5. The van der Waals surface area contributed by atoms with Crippen molar-refractivity contribution in [2.75, 3.05) is 13.7 Å². The Morgan fingerprint density at radius 2 is 1.78 bits per heavy atom.